The first-order chi connectivity index (χ1) is 9.51. The molecular weight excluding hydrogens is 262 g/mol. The average molecular weight is 275 g/mol. The third-order valence-corrected chi connectivity index (χ3v) is 2.68. The van der Waals surface area contributed by atoms with Crippen LogP contribution in [-0.2, 0) is 6.54 Å². The van der Waals surface area contributed by atoms with Gasteiger partial charge in [0.05, 0.1) is 16.8 Å². The predicted molar refractivity (Wildman–Crippen MR) is 73.4 cm³/mol. The fourth-order valence-corrected chi connectivity index (χ4v) is 1.69. The molecule has 8 heteroatoms. The Labute approximate surface area is 114 Å². The molecule has 20 heavy (non-hydrogen) atoms. The summed E-state index contributed by atoms with van der Waals surface area (Å²) >= 11 is 0. The molecule has 0 atom stereocenters. The van der Waals surface area contributed by atoms with Crippen molar-refractivity contribution < 1.29 is 9.72 Å². The highest BCUT2D eigenvalue weighted by Crippen LogP contribution is 2.22. The van der Waals surface area contributed by atoms with Crippen LogP contribution in [0.3, 0.4) is 0 Å². The standard InChI is InChI=1S/C12H13N5O3/c1-2-16-7-9(6-14-16)15-12(18)10-5-8(13)3-4-11(10)17(19)20/h3-7H,2,13H2,1H3,(H,15,18). The second-order valence-corrected chi connectivity index (χ2v) is 4.07. The number of nitrogens with zero attached hydrogens (tertiary/aromatic N) is 3. The molecule has 8 nitrogen and oxygen atoms in total. The number of benzene rings is 1. The van der Waals surface area contributed by atoms with E-state index >= 15 is 0 Å². The van der Waals surface area contributed by atoms with Crippen molar-refractivity contribution in [1.82, 2.24) is 9.78 Å². The van der Waals surface area contributed by atoms with Gasteiger partial charge in [-0.1, -0.05) is 0 Å². The van der Waals surface area contributed by atoms with E-state index < -0.39 is 10.8 Å². The van der Waals surface area contributed by atoms with Gasteiger partial charge in [-0.2, -0.15) is 5.10 Å². The van der Waals surface area contributed by atoms with Gasteiger partial charge in [0.25, 0.3) is 11.6 Å². The highest BCUT2D eigenvalue weighted by Gasteiger charge is 2.20. The number of hydrogen-bond donors (Lipinski definition) is 2. The smallest absolute Gasteiger partial charge is 0.282 e. The maximum atomic E-state index is 12.1. The first-order valence-corrected chi connectivity index (χ1v) is 5.89. The molecule has 1 heterocycles. The zero-order valence-electron chi connectivity index (χ0n) is 10.7. The summed E-state index contributed by atoms with van der Waals surface area (Å²) in [7, 11) is 0. The number of nitrogens with one attached hydrogen (secondary N) is 1. The van der Waals surface area contributed by atoms with Gasteiger partial charge in [0, 0.05) is 24.5 Å². The number of nitro benzene ring substituents is 1. The lowest BCUT2D eigenvalue weighted by Gasteiger charge is -2.04. The zero-order chi connectivity index (χ0) is 14.7. The SMILES string of the molecule is CCn1cc(NC(=O)c2cc(N)ccc2[N+](=O)[O-])cn1. The quantitative estimate of drug-likeness (QED) is 0.500. The molecule has 2 aromatic rings. The van der Waals surface area contributed by atoms with Gasteiger partial charge in [-0.3, -0.25) is 19.6 Å². The lowest BCUT2D eigenvalue weighted by molar-refractivity contribution is -0.385. The molecule has 0 bridgehead atoms. The van der Waals surface area contributed by atoms with Crippen LogP contribution in [0.2, 0.25) is 0 Å². The highest BCUT2D eigenvalue weighted by atomic mass is 16.6. The van der Waals surface area contributed by atoms with Crippen LogP contribution in [0, 0.1) is 10.1 Å². The summed E-state index contributed by atoms with van der Waals surface area (Å²) in [5.74, 6) is -0.598. The Balaban J connectivity index is 2.28. The number of rotatable bonds is 4. The first kappa shape index (κ1) is 13.5. The normalized spacial score (nSPS) is 10.2. The van der Waals surface area contributed by atoms with Crippen LogP contribution in [0.5, 0.6) is 0 Å². The van der Waals surface area contributed by atoms with Crippen LogP contribution in [0.15, 0.2) is 30.6 Å². The summed E-state index contributed by atoms with van der Waals surface area (Å²) in [4.78, 5) is 22.4. The monoisotopic (exact) mass is 275 g/mol. The third-order valence-electron chi connectivity index (χ3n) is 2.68. The number of aryl methyl sites for hydroxylation is 1. The number of amides is 1. The van der Waals surface area contributed by atoms with E-state index in [0.29, 0.717) is 12.2 Å². The van der Waals surface area contributed by atoms with Crippen LogP contribution in [0.1, 0.15) is 17.3 Å². The summed E-state index contributed by atoms with van der Waals surface area (Å²) < 4.78 is 1.63. The fourth-order valence-electron chi connectivity index (χ4n) is 1.69. The Morgan fingerprint density at radius 3 is 2.90 bits per heavy atom. The molecule has 0 saturated heterocycles. The molecular formula is C12H13N5O3. The molecule has 104 valence electrons. The van der Waals surface area contributed by atoms with Gasteiger partial charge in [-0.25, -0.2) is 0 Å². The van der Waals surface area contributed by atoms with Crippen molar-refractivity contribution in [3.8, 4) is 0 Å². The van der Waals surface area contributed by atoms with Gasteiger partial charge in [0.1, 0.15) is 5.56 Å². The van der Waals surface area contributed by atoms with E-state index in [1.807, 2.05) is 6.92 Å². The Kier molecular flexibility index (Phi) is 3.65. The summed E-state index contributed by atoms with van der Waals surface area (Å²) in [5, 5.41) is 17.5. The second kappa shape index (κ2) is 5.39. The van der Waals surface area contributed by atoms with E-state index in [9.17, 15) is 14.9 Å². The van der Waals surface area contributed by atoms with E-state index in [2.05, 4.69) is 10.4 Å². The molecule has 1 aromatic heterocycles. The number of hydrogen-bond acceptors (Lipinski definition) is 5. The van der Waals surface area contributed by atoms with E-state index in [0.717, 1.165) is 0 Å². The average Bonchev–Trinajstić information content (AvgIpc) is 2.85. The van der Waals surface area contributed by atoms with Crippen LogP contribution in [-0.4, -0.2) is 20.6 Å². The van der Waals surface area contributed by atoms with Crippen molar-refractivity contribution in [3.05, 3.63) is 46.3 Å². The number of carbonyl (C=O) groups excluding carboxylic acids is 1. The summed E-state index contributed by atoms with van der Waals surface area (Å²) in [5.41, 5.74) is 5.94. The minimum atomic E-state index is -0.621. The number of carbonyl (C=O) groups is 1. The van der Waals surface area contributed by atoms with Gasteiger partial charge < -0.3 is 11.1 Å². The Hall–Kier alpha value is -2.90. The van der Waals surface area contributed by atoms with Crippen molar-refractivity contribution in [3.63, 3.8) is 0 Å². The Morgan fingerprint density at radius 2 is 2.30 bits per heavy atom. The number of nitrogen functional groups attached to an aromatic ring is 1. The number of nitro groups is 1. The lowest BCUT2D eigenvalue weighted by Crippen LogP contribution is -2.14. The molecule has 0 aliphatic heterocycles. The maximum absolute atomic E-state index is 12.1. The van der Waals surface area contributed by atoms with E-state index in [1.165, 1.54) is 24.4 Å². The molecule has 0 aliphatic carbocycles. The number of aromatic nitrogens is 2. The minimum absolute atomic E-state index is 0.0840. The third kappa shape index (κ3) is 2.74. The minimum Gasteiger partial charge on any atom is -0.399 e. The molecule has 0 unspecified atom stereocenters. The van der Waals surface area contributed by atoms with E-state index in [4.69, 9.17) is 5.73 Å². The lowest BCUT2D eigenvalue weighted by atomic mass is 10.1. The molecule has 1 amide bonds. The van der Waals surface area contributed by atoms with Gasteiger partial charge in [-0.05, 0) is 19.1 Å². The largest absolute Gasteiger partial charge is 0.399 e. The Morgan fingerprint density at radius 1 is 1.55 bits per heavy atom. The van der Waals surface area contributed by atoms with Gasteiger partial charge in [0.2, 0.25) is 0 Å². The van der Waals surface area contributed by atoms with Crippen LogP contribution >= 0.6 is 0 Å². The molecule has 1 aromatic carbocycles. The summed E-state index contributed by atoms with van der Waals surface area (Å²) in [6, 6.07) is 3.86. The molecule has 0 saturated carbocycles. The van der Waals surface area contributed by atoms with Gasteiger partial charge in [0.15, 0.2) is 0 Å². The van der Waals surface area contributed by atoms with Crippen molar-refractivity contribution >= 4 is 23.0 Å². The number of nitrogens with two attached hydrogens (primary N) is 1. The Bertz CT molecular complexity index is 665. The van der Waals surface area contributed by atoms with Crippen molar-refractivity contribution in [2.75, 3.05) is 11.1 Å². The van der Waals surface area contributed by atoms with Crippen LogP contribution in [0.25, 0.3) is 0 Å². The van der Waals surface area contributed by atoms with Crippen molar-refractivity contribution in [2.24, 2.45) is 0 Å². The van der Waals surface area contributed by atoms with Crippen molar-refractivity contribution in [1.29, 1.82) is 0 Å². The van der Waals surface area contributed by atoms with Gasteiger partial charge >= 0.3 is 0 Å². The molecule has 0 aliphatic rings. The summed E-state index contributed by atoms with van der Waals surface area (Å²) in [6.45, 7) is 2.57. The summed E-state index contributed by atoms with van der Waals surface area (Å²) in [6.07, 6.45) is 3.11. The maximum Gasteiger partial charge on any atom is 0.282 e. The van der Waals surface area contributed by atoms with Crippen molar-refractivity contribution in [2.45, 2.75) is 13.5 Å². The molecule has 2 rings (SSSR count). The first-order valence-electron chi connectivity index (χ1n) is 5.89. The fraction of sp³-hybridized carbons (Fsp3) is 0.167. The van der Waals surface area contributed by atoms with Gasteiger partial charge in [-0.15, -0.1) is 0 Å². The van der Waals surface area contributed by atoms with Crippen LogP contribution < -0.4 is 11.1 Å². The topological polar surface area (TPSA) is 116 Å². The number of anilines is 2. The predicted octanol–water partition coefficient (Wildman–Crippen LogP) is 1.65. The molecule has 0 spiro atoms. The van der Waals surface area contributed by atoms with E-state index in [1.54, 1.807) is 10.9 Å². The highest BCUT2D eigenvalue weighted by molar-refractivity contribution is 6.07. The van der Waals surface area contributed by atoms with E-state index in [-0.39, 0.29) is 16.9 Å². The zero-order valence-corrected chi connectivity index (χ0v) is 10.7. The molecule has 0 fully saturated rings. The van der Waals surface area contributed by atoms with Crippen LogP contribution in [0.4, 0.5) is 17.1 Å². The second-order valence-electron chi connectivity index (χ2n) is 4.07. The molecule has 0 radical (unpaired) electrons. The molecule has 3 N–H and O–H groups in total.